The van der Waals surface area contributed by atoms with Gasteiger partial charge in [0.2, 0.25) is 0 Å². The van der Waals surface area contributed by atoms with Crippen molar-refractivity contribution >= 4 is 11.0 Å². The zero-order valence-electron chi connectivity index (χ0n) is 14.7. The molecule has 0 unspecified atom stereocenters. The van der Waals surface area contributed by atoms with Gasteiger partial charge < -0.3 is 18.8 Å². The molecule has 132 valence electrons. The third kappa shape index (κ3) is 4.38. The van der Waals surface area contributed by atoms with Crippen LogP contribution >= 0.6 is 0 Å². The first-order chi connectivity index (χ1) is 12.3. The molecule has 5 heteroatoms. The highest BCUT2D eigenvalue weighted by atomic mass is 16.7. The van der Waals surface area contributed by atoms with E-state index in [1.54, 1.807) is 0 Å². The summed E-state index contributed by atoms with van der Waals surface area (Å²) >= 11 is 0. The number of imidazole rings is 1. The van der Waals surface area contributed by atoms with Crippen LogP contribution in [0.5, 0.6) is 5.75 Å². The first-order valence-corrected chi connectivity index (χ1v) is 8.67. The second-order valence-corrected chi connectivity index (χ2v) is 5.57. The second-order valence-electron chi connectivity index (χ2n) is 5.57. The molecule has 0 aliphatic rings. The molecule has 0 saturated carbocycles. The number of ether oxygens (including phenoxy) is 3. The van der Waals surface area contributed by atoms with Crippen molar-refractivity contribution in [3.8, 4) is 5.75 Å². The van der Waals surface area contributed by atoms with Gasteiger partial charge in [0.05, 0.1) is 17.6 Å². The minimum Gasteiger partial charge on any atom is -0.486 e. The number of hydrogen-bond acceptors (Lipinski definition) is 4. The maximum atomic E-state index is 5.90. The fourth-order valence-corrected chi connectivity index (χ4v) is 2.78. The van der Waals surface area contributed by atoms with Gasteiger partial charge in [0.15, 0.2) is 6.29 Å². The predicted octanol–water partition coefficient (Wildman–Crippen LogP) is 4.01. The van der Waals surface area contributed by atoms with Gasteiger partial charge in [-0.2, -0.15) is 0 Å². The normalized spacial score (nSPS) is 11.3. The summed E-state index contributed by atoms with van der Waals surface area (Å²) in [5, 5.41) is 0. The maximum Gasteiger partial charge on any atom is 0.175 e. The van der Waals surface area contributed by atoms with Crippen LogP contribution in [-0.2, 0) is 22.6 Å². The SMILES string of the molecule is CCOC(Cn1c(COc2ccccc2)nc2ccccc21)OCC. The summed E-state index contributed by atoms with van der Waals surface area (Å²) in [4.78, 5) is 4.73. The standard InChI is InChI=1S/C20H24N2O3/c1-3-23-20(24-4-2)14-22-18-13-9-8-12-17(18)21-19(22)15-25-16-10-6-5-7-11-16/h5-13,20H,3-4,14-15H2,1-2H3. The lowest BCUT2D eigenvalue weighted by Gasteiger charge is -2.19. The van der Waals surface area contributed by atoms with Crippen LogP contribution in [0.3, 0.4) is 0 Å². The average molecular weight is 340 g/mol. The molecule has 0 saturated heterocycles. The van der Waals surface area contributed by atoms with Crippen molar-refractivity contribution in [2.75, 3.05) is 13.2 Å². The van der Waals surface area contributed by atoms with E-state index in [1.165, 1.54) is 0 Å². The fraction of sp³-hybridized carbons (Fsp3) is 0.350. The van der Waals surface area contributed by atoms with E-state index in [1.807, 2.05) is 62.4 Å². The molecule has 0 amide bonds. The molecule has 2 aromatic carbocycles. The Hall–Kier alpha value is -2.37. The van der Waals surface area contributed by atoms with Gasteiger partial charge in [0.1, 0.15) is 18.2 Å². The molecule has 0 aliphatic carbocycles. The minimum absolute atomic E-state index is 0.303. The van der Waals surface area contributed by atoms with E-state index < -0.39 is 0 Å². The summed E-state index contributed by atoms with van der Waals surface area (Å²) in [7, 11) is 0. The highest BCUT2D eigenvalue weighted by molar-refractivity contribution is 5.75. The van der Waals surface area contributed by atoms with Crippen molar-refractivity contribution in [3.05, 3.63) is 60.4 Å². The summed E-state index contributed by atoms with van der Waals surface area (Å²) in [6.45, 7) is 6.12. The van der Waals surface area contributed by atoms with E-state index in [-0.39, 0.29) is 6.29 Å². The fourth-order valence-electron chi connectivity index (χ4n) is 2.78. The van der Waals surface area contributed by atoms with Crippen molar-refractivity contribution in [3.63, 3.8) is 0 Å². The van der Waals surface area contributed by atoms with Crippen molar-refractivity contribution in [1.82, 2.24) is 9.55 Å². The molecule has 0 fully saturated rings. The van der Waals surface area contributed by atoms with Crippen LogP contribution in [0.4, 0.5) is 0 Å². The summed E-state index contributed by atoms with van der Waals surface area (Å²) < 4.78 is 19.4. The smallest absolute Gasteiger partial charge is 0.175 e. The molecule has 25 heavy (non-hydrogen) atoms. The molecule has 0 atom stereocenters. The van der Waals surface area contributed by atoms with Gasteiger partial charge in [0.25, 0.3) is 0 Å². The van der Waals surface area contributed by atoms with Crippen LogP contribution < -0.4 is 4.74 Å². The molecule has 0 N–H and O–H groups in total. The van der Waals surface area contributed by atoms with Crippen LogP contribution in [0.15, 0.2) is 54.6 Å². The Kier molecular flexibility index (Phi) is 6.04. The van der Waals surface area contributed by atoms with Gasteiger partial charge in [-0.25, -0.2) is 4.98 Å². The summed E-state index contributed by atoms with van der Waals surface area (Å²) in [6.07, 6.45) is -0.303. The zero-order valence-corrected chi connectivity index (χ0v) is 14.7. The monoisotopic (exact) mass is 340 g/mol. The number of aromatic nitrogens is 2. The third-order valence-electron chi connectivity index (χ3n) is 3.88. The van der Waals surface area contributed by atoms with E-state index in [9.17, 15) is 0 Å². The number of para-hydroxylation sites is 3. The molecular formula is C20H24N2O3. The number of benzene rings is 2. The Morgan fingerprint density at radius 3 is 2.32 bits per heavy atom. The topological polar surface area (TPSA) is 45.5 Å². The third-order valence-corrected chi connectivity index (χ3v) is 3.88. The van der Waals surface area contributed by atoms with E-state index in [4.69, 9.17) is 19.2 Å². The van der Waals surface area contributed by atoms with Crippen LogP contribution in [0, 0.1) is 0 Å². The molecule has 0 radical (unpaired) electrons. The molecule has 1 heterocycles. The molecule has 0 aliphatic heterocycles. The molecule has 0 bridgehead atoms. The van der Waals surface area contributed by atoms with Gasteiger partial charge in [-0.05, 0) is 38.1 Å². The average Bonchev–Trinajstić information content (AvgIpc) is 2.99. The first kappa shape index (κ1) is 17.5. The van der Waals surface area contributed by atoms with Crippen LogP contribution in [0.1, 0.15) is 19.7 Å². The van der Waals surface area contributed by atoms with Crippen LogP contribution in [-0.4, -0.2) is 29.1 Å². The molecule has 3 aromatic rings. The second kappa shape index (κ2) is 8.65. The van der Waals surface area contributed by atoms with Gasteiger partial charge in [0, 0.05) is 13.2 Å². The van der Waals surface area contributed by atoms with Crippen molar-refractivity contribution in [2.24, 2.45) is 0 Å². The molecule has 1 aromatic heterocycles. The van der Waals surface area contributed by atoms with Crippen molar-refractivity contribution < 1.29 is 14.2 Å². The van der Waals surface area contributed by atoms with Gasteiger partial charge in [-0.1, -0.05) is 30.3 Å². The predicted molar refractivity (Wildman–Crippen MR) is 97.5 cm³/mol. The highest BCUT2D eigenvalue weighted by Gasteiger charge is 2.16. The lowest BCUT2D eigenvalue weighted by atomic mass is 10.3. The van der Waals surface area contributed by atoms with Gasteiger partial charge >= 0.3 is 0 Å². The van der Waals surface area contributed by atoms with E-state index in [2.05, 4.69) is 10.6 Å². The van der Waals surface area contributed by atoms with Crippen molar-refractivity contribution in [1.29, 1.82) is 0 Å². The molecule has 0 spiro atoms. The highest BCUT2D eigenvalue weighted by Crippen LogP contribution is 2.19. The summed E-state index contributed by atoms with van der Waals surface area (Å²) in [5.41, 5.74) is 2.00. The number of fused-ring (bicyclic) bond motifs is 1. The van der Waals surface area contributed by atoms with E-state index in [0.717, 1.165) is 22.6 Å². The van der Waals surface area contributed by atoms with Gasteiger partial charge in [-0.3, -0.25) is 0 Å². The number of nitrogens with zero attached hydrogens (tertiary/aromatic N) is 2. The Morgan fingerprint density at radius 1 is 0.920 bits per heavy atom. The number of hydrogen-bond donors (Lipinski definition) is 0. The molecular weight excluding hydrogens is 316 g/mol. The van der Waals surface area contributed by atoms with E-state index in [0.29, 0.717) is 26.4 Å². The van der Waals surface area contributed by atoms with Crippen LogP contribution in [0.25, 0.3) is 11.0 Å². The van der Waals surface area contributed by atoms with Gasteiger partial charge in [-0.15, -0.1) is 0 Å². The summed E-state index contributed by atoms with van der Waals surface area (Å²) in [5.74, 6) is 1.68. The Bertz CT molecular complexity index is 780. The maximum absolute atomic E-state index is 5.90. The van der Waals surface area contributed by atoms with Crippen molar-refractivity contribution in [2.45, 2.75) is 33.3 Å². The Morgan fingerprint density at radius 2 is 1.60 bits per heavy atom. The molecule has 5 nitrogen and oxygen atoms in total. The quantitative estimate of drug-likeness (QED) is 0.552. The number of rotatable bonds is 9. The Labute approximate surface area is 148 Å². The zero-order chi connectivity index (χ0) is 17.5. The van der Waals surface area contributed by atoms with E-state index >= 15 is 0 Å². The molecule has 3 rings (SSSR count). The first-order valence-electron chi connectivity index (χ1n) is 8.67. The summed E-state index contributed by atoms with van der Waals surface area (Å²) in [6, 6.07) is 17.8. The minimum atomic E-state index is -0.303. The van der Waals surface area contributed by atoms with Crippen LogP contribution in [0.2, 0.25) is 0 Å². The largest absolute Gasteiger partial charge is 0.486 e. The Balaban J connectivity index is 1.86. The lowest BCUT2D eigenvalue weighted by molar-refractivity contribution is -0.143. The lowest BCUT2D eigenvalue weighted by Crippen LogP contribution is -2.25.